The van der Waals surface area contributed by atoms with E-state index < -0.39 is 0 Å². The molecule has 0 aliphatic carbocycles. The van der Waals surface area contributed by atoms with Crippen LogP contribution >= 0.6 is 27.3 Å². The molecule has 0 aliphatic rings. The van der Waals surface area contributed by atoms with Crippen molar-refractivity contribution in [1.29, 1.82) is 0 Å². The van der Waals surface area contributed by atoms with Crippen molar-refractivity contribution < 1.29 is 4.92 Å². The van der Waals surface area contributed by atoms with E-state index in [1.54, 1.807) is 29.7 Å². The summed E-state index contributed by atoms with van der Waals surface area (Å²) < 4.78 is 0.808. The van der Waals surface area contributed by atoms with Crippen molar-refractivity contribution in [3.63, 3.8) is 0 Å². The molecule has 2 aromatic rings. The minimum atomic E-state index is -0.386. The van der Waals surface area contributed by atoms with Crippen LogP contribution in [0.25, 0.3) is 0 Å². The highest BCUT2D eigenvalue weighted by Gasteiger charge is 2.15. The molecule has 1 atom stereocenters. The molecule has 1 aromatic carbocycles. The van der Waals surface area contributed by atoms with Crippen molar-refractivity contribution in [3.05, 3.63) is 49.4 Å². The predicted molar refractivity (Wildman–Crippen MR) is 79.8 cm³/mol. The van der Waals surface area contributed by atoms with Gasteiger partial charge in [-0.25, -0.2) is 4.98 Å². The van der Waals surface area contributed by atoms with Crippen molar-refractivity contribution in [2.45, 2.75) is 12.8 Å². The monoisotopic (exact) mass is 341 g/mol. The summed E-state index contributed by atoms with van der Waals surface area (Å²) in [6.07, 6.45) is 1.76. The van der Waals surface area contributed by atoms with Crippen LogP contribution in [0.15, 0.2) is 34.2 Å². The number of benzene rings is 1. The van der Waals surface area contributed by atoms with Crippen molar-refractivity contribution in [3.8, 4) is 0 Å². The maximum atomic E-state index is 10.9. The molecule has 1 unspecified atom stereocenters. The Balaban J connectivity index is 2.10. The summed E-state index contributed by atoms with van der Waals surface area (Å²) in [5, 5.41) is 17.0. The predicted octanol–water partition coefficient (Wildman–Crippen LogP) is 4.03. The fourth-order valence-electron chi connectivity index (χ4n) is 1.64. The summed E-state index contributed by atoms with van der Waals surface area (Å²) >= 11 is 4.90. The molecule has 1 aromatic heterocycles. The van der Waals surface area contributed by atoms with Crippen LogP contribution in [0.3, 0.4) is 0 Å². The largest absolute Gasteiger partial charge is 0.379 e. The van der Waals surface area contributed by atoms with Gasteiger partial charge in [-0.3, -0.25) is 10.1 Å². The molecule has 100 valence electrons. The average Bonchev–Trinajstić information content (AvgIpc) is 2.89. The summed E-state index contributed by atoms with van der Waals surface area (Å²) in [6, 6.07) is 4.86. The molecule has 2 rings (SSSR count). The molecular formula is C12H12BrN3O2S. The van der Waals surface area contributed by atoms with Crippen molar-refractivity contribution >= 4 is 38.6 Å². The molecule has 7 heteroatoms. The number of anilines is 1. The van der Waals surface area contributed by atoms with Crippen LogP contribution in [-0.2, 0) is 0 Å². The lowest BCUT2D eigenvalue weighted by Crippen LogP contribution is -2.10. The number of nitro benzene ring substituents is 1. The van der Waals surface area contributed by atoms with Crippen LogP contribution in [0.2, 0.25) is 0 Å². The maximum Gasteiger partial charge on any atom is 0.292 e. The van der Waals surface area contributed by atoms with Gasteiger partial charge in [-0.15, -0.1) is 11.3 Å². The lowest BCUT2D eigenvalue weighted by molar-refractivity contribution is -0.384. The zero-order valence-electron chi connectivity index (χ0n) is 10.2. The first-order valence-corrected chi connectivity index (χ1v) is 7.32. The van der Waals surface area contributed by atoms with Crippen LogP contribution in [0.5, 0.6) is 0 Å². The number of halogens is 1. The normalized spacial score (nSPS) is 12.1. The topological polar surface area (TPSA) is 68.1 Å². The molecule has 19 heavy (non-hydrogen) atoms. The van der Waals surface area contributed by atoms with E-state index in [0.717, 1.165) is 9.48 Å². The molecule has 0 spiro atoms. The first kappa shape index (κ1) is 14.0. The number of hydrogen-bond acceptors (Lipinski definition) is 5. The second kappa shape index (κ2) is 6.12. The smallest absolute Gasteiger partial charge is 0.292 e. The molecule has 0 fully saturated rings. The van der Waals surface area contributed by atoms with Crippen molar-refractivity contribution in [2.24, 2.45) is 0 Å². The lowest BCUT2D eigenvalue weighted by Gasteiger charge is -2.11. The fourth-order valence-corrected chi connectivity index (χ4v) is 2.70. The second-order valence-electron chi connectivity index (χ2n) is 4.07. The Bertz CT molecular complexity index is 574. The summed E-state index contributed by atoms with van der Waals surface area (Å²) in [5.74, 6) is 0.207. The first-order chi connectivity index (χ1) is 9.08. The number of nitrogens with one attached hydrogen (secondary N) is 1. The van der Waals surface area contributed by atoms with Crippen molar-refractivity contribution in [2.75, 3.05) is 11.9 Å². The molecule has 0 radical (unpaired) electrons. The van der Waals surface area contributed by atoms with E-state index in [4.69, 9.17) is 0 Å². The van der Waals surface area contributed by atoms with Gasteiger partial charge >= 0.3 is 0 Å². The number of aromatic nitrogens is 1. The molecule has 0 saturated heterocycles. The molecule has 5 nitrogen and oxygen atoms in total. The van der Waals surface area contributed by atoms with Crippen LogP contribution in [0.1, 0.15) is 17.8 Å². The van der Waals surface area contributed by atoms with Gasteiger partial charge < -0.3 is 5.32 Å². The number of thiazole rings is 1. The van der Waals surface area contributed by atoms with Crippen LogP contribution in [0.4, 0.5) is 11.4 Å². The Kier molecular flexibility index (Phi) is 4.49. The lowest BCUT2D eigenvalue weighted by atomic mass is 10.2. The van der Waals surface area contributed by atoms with Gasteiger partial charge in [0.25, 0.3) is 5.69 Å². The van der Waals surface area contributed by atoms with E-state index in [1.807, 2.05) is 12.3 Å². The van der Waals surface area contributed by atoms with Gasteiger partial charge in [-0.05, 0) is 12.1 Å². The Morgan fingerprint density at radius 2 is 2.37 bits per heavy atom. The first-order valence-electron chi connectivity index (χ1n) is 5.65. The van der Waals surface area contributed by atoms with Gasteiger partial charge in [0, 0.05) is 34.6 Å². The van der Waals surface area contributed by atoms with Crippen LogP contribution < -0.4 is 5.32 Å². The zero-order chi connectivity index (χ0) is 13.8. The molecule has 0 aliphatic heterocycles. The standard InChI is InChI=1S/C12H12BrN3O2S/c1-8(12-14-4-5-19-12)7-15-10-6-9(13)2-3-11(10)16(17)18/h2-6,8,15H,7H2,1H3. The van der Waals surface area contributed by atoms with E-state index in [1.165, 1.54) is 6.07 Å². The number of hydrogen-bond donors (Lipinski definition) is 1. The van der Waals surface area contributed by atoms with E-state index >= 15 is 0 Å². The SMILES string of the molecule is CC(CNc1cc(Br)ccc1[N+](=O)[O-])c1nccs1. The third-order valence-electron chi connectivity index (χ3n) is 2.63. The van der Waals surface area contributed by atoms with Crippen LogP contribution in [0, 0.1) is 10.1 Å². The third-order valence-corrected chi connectivity index (χ3v) is 4.13. The molecule has 1 heterocycles. The minimum Gasteiger partial charge on any atom is -0.379 e. The molecule has 0 bridgehead atoms. The average molecular weight is 342 g/mol. The van der Waals surface area contributed by atoms with Gasteiger partial charge in [0.05, 0.1) is 9.93 Å². The minimum absolute atomic E-state index is 0.0783. The van der Waals surface area contributed by atoms with Gasteiger partial charge in [-0.1, -0.05) is 22.9 Å². The molecule has 1 N–H and O–H groups in total. The number of nitro groups is 1. The van der Waals surface area contributed by atoms with Gasteiger partial charge in [-0.2, -0.15) is 0 Å². The highest BCUT2D eigenvalue weighted by molar-refractivity contribution is 9.10. The van der Waals surface area contributed by atoms with Gasteiger partial charge in [0.1, 0.15) is 5.69 Å². The van der Waals surface area contributed by atoms with E-state index in [9.17, 15) is 10.1 Å². The maximum absolute atomic E-state index is 10.9. The van der Waals surface area contributed by atoms with E-state index in [-0.39, 0.29) is 16.5 Å². The summed E-state index contributed by atoms with van der Waals surface area (Å²) in [7, 11) is 0. The summed E-state index contributed by atoms with van der Waals surface area (Å²) in [5.41, 5.74) is 0.595. The quantitative estimate of drug-likeness (QED) is 0.658. The third kappa shape index (κ3) is 3.51. The summed E-state index contributed by atoms with van der Waals surface area (Å²) in [6.45, 7) is 2.64. The van der Waals surface area contributed by atoms with Gasteiger partial charge in [0.15, 0.2) is 0 Å². The second-order valence-corrected chi connectivity index (χ2v) is 5.91. The molecule has 0 saturated carbocycles. The Labute approximate surface area is 123 Å². The highest BCUT2D eigenvalue weighted by atomic mass is 79.9. The van der Waals surface area contributed by atoms with E-state index in [0.29, 0.717) is 12.2 Å². The summed E-state index contributed by atoms with van der Waals surface area (Å²) in [4.78, 5) is 14.8. The molecule has 0 amide bonds. The molecular weight excluding hydrogens is 330 g/mol. The zero-order valence-corrected chi connectivity index (χ0v) is 12.6. The van der Waals surface area contributed by atoms with Gasteiger partial charge in [0.2, 0.25) is 0 Å². The number of rotatable bonds is 5. The highest BCUT2D eigenvalue weighted by Crippen LogP contribution is 2.28. The van der Waals surface area contributed by atoms with Crippen LogP contribution in [-0.4, -0.2) is 16.5 Å². The fraction of sp³-hybridized carbons (Fsp3) is 0.250. The Morgan fingerprint density at radius 3 is 3.00 bits per heavy atom. The number of nitrogens with zero attached hydrogens (tertiary/aromatic N) is 2. The van der Waals surface area contributed by atoms with E-state index in [2.05, 4.69) is 26.2 Å². The van der Waals surface area contributed by atoms with Crippen molar-refractivity contribution in [1.82, 2.24) is 4.98 Å². The Hall–Kier alpha value is -1.47. The Morgan fingerprint density at radius 1 is 1.58 bits per heavy atom.